The van der Waals surface area contributed by atoms with Crippen molar-refractivity contribution in [1.82, 2.24) is 0 Å². The molecule has 1 amide bonds. The van der Waals surface area contributed by atoms with Crippen LogP contribution in [0.25, 0.3) is 0 Å². The van der Waals surface area contributed by atoms with Crippen LogP contribution in [-0.2, 0) is 0 Å². The summed E-state index contributed by atoms with van der Waals surface area (Å²) in [6, 6.07) is 7.49. The van der Waals surface area contributed by atoms with E-state index >= 15 is 0 Å². The Hall–Kier alpha value is -1.13. The van der Waals surface area contributed by atoms with E-state index in [0.29, 0.717) is 5.56 Å². The van der Waals surface area contributed by atoms with E-state index in [9.17, 15) is 4.79 Å². The van der Waals surface area contributed by atoms with Crippen molar-refractivity contribution < 1.29 is 4.79 Å². The average molecular weight is 296 g/mol. The van der Waals surface area contributed by atoms with Crippen LogP contribution in [0.3, 0.4) is 0 Å². The summed E-state index contributed by atoms with van der Waals surface area (Å²) in [6.07, 6.45) is 0. The number of carbonyl (C=O) groups is 1. The van der Waals surface area contributed by atoms with Crippen LogP contribution in [0.4, 0.5) is 5.69 Å². The summed E-state index contributed by atoms with van der Waals surface area (Å²) in [4.78, 5) is 12.0. The Morgan fingerprint density at radius 3 is 2.88 bits per heavy atom. The number of halogens is 1. The van der Waals surface area contributed by atoms with Gasteiger partial charge in [0.2, 0.25) is 0 Å². The third-order valence-corrected chi connectivity index (χ3v) is 3.83. The van der Waals surface area contributed by atoms with Gasteiger partial charge >= 0.3 is 0 Å². The number of amides is 1. The number of anilines is 1. The molecule has 1 aromatic carbocycles. The maximum absolute atomic E-state index is 12.0. The van der Waals surface area contributed by atoms with Crippen LogP contribution in [-0.4, -0.2) is 5.91 Å². The lowest BCUT2D eigenvalue weighted by Crippen LogP contribution is -2.12. The number of nitrogens with one attached hydrogen (secondary N) is 1. The molecule has 0 atom stereocenters. The minimum atomic E-state index is -0.0720. The minimum absolute atomic E-state index is 0.0720. The molecule has 0 bridgehead atoms. The second kappa shape index (κ2) is 4.80. The molecule has 0 aliphatic heterocycles. The van der Waals surface area contributed by atoms with E-state index < -0.39 is 0 Å². The zero-order valence-electron chi connectivity index (χ0n) is 8.66. The molecule has 16 heavy (non-hydrogen) atoms. The van der Waals surface area contributed by atoms with E-state index in [0.717, 1.165) is 15.7 Å². The highest BCUT2D eigenvalue weighted by Crippen LogP contribution is 2.21. The second-order valence-electron chi connectivity index (χ2n) is 3.38. The molecule has 1 aromatic heterocycles. The lowest BCUT2D eigenvalue weighted by atomic mass is 10.1. The molecule has 2 rings (SSSR count). The number of benzene rings is 1. The summed E-state index contributed by atoms with van der Waals surface area (Å²) in [5.41, 5.74) is 2.49. The molecule has 0 saturated heterocycles. The largest absolute Gasteiger partial charge is 0.321 e. The van der Waals surface area contributed by atoms with Gasteiger partial charge in [0.15, 0.2) is 0 Å². The van der Waals surface area contributed by atoms with Gasteiger partial charge < -0.3 is 5.32 Å². The van der Waals surface area contributed by atoms with Crippen molar-refractivity contribution in [1.29, 1.82) is 0 Å². The van der Waals surface area contributed by atoms with E-state index in [1.165, 1.54) is 0 Å². The molecule has 4 heteroatoms. The number of hydrogen-bond acceptors (Lipinski definition) is 2. The fourth-order valence-electron chi connectivity index (χ4n) is 1.39. The van der Waals surface area contributed by atoms with Gasteiger partial charge in [0, 0.05) is 15.4 Å². The van der Waals surface area contributed by atoms with Crippen LogP contribution >= 0.6 is 27.3 Å². The van der Waals surface area contributed by atoms with Crippen LogP contribution in [0.15, 0.2) is 39.5 Å². The standard InChI is InChI=1S/C12H10BrNOS/c1-8-10(3-2-4-11(8)13)12(15)14-9-5-6-16-7-9/h2-7H,1H3,(H,14,15). The molecule has 0 saturated carbocycles. The summed E-state index contributed by atoms with van der Waals surface area (Å²) in [5, 5.41) is 6.70. The molecule has 0 spiro atoms. The predicted molar refractivity (Wildman–Crippen MR) is 71.2 cm³/mol. The van der Waals surface area contributed by atoms with Crippen molar-refractivity contribution in [2.75, 3.05) is 5.32 Å². The Bertz CT molecular complexity index is 508. The summed E-state index contributed by atoms with van der Waals surface area (Å²) in [7, 11) is 0. The average Bonchev–Trinajstić information content (AvgIpc) is 2.74. The van der Waals surface area contributed by atoms with E-state index in [-0.39, 0.29) is 5.91 Å². The van der Waals surface area contributed by atoms with Crippen LogP contribution in [0.2, 0.25) is 0 Å². The lowest BCUT2D eigenvalue weighted by molar-refractivity contribution is 0.102. The smallest absolute Gasteiger partial charge is 0.255 e. The van der Waals surface area contributed by atoms with E-state index in [2.05, 4.69) is 21.2 Å². The van der Waals surface area contributed by atoms with Crippen molar-refractivity contribution in [3.05, 3.63) is 50.6 Å². The number of rotatable bonds is 2. The second-order valence-corrected chi connectivity index (χ2v) is 5.01. The van der Waals surface area contributed by atoms with Gasteiger partial charge in [0.1, 0.15) is 0 Å². The van der Waals surface area contributed by atoms with Crippen molar-refractivity contribution in [2.45, 2.75) is 6.92 Å². The molecule has 0 radical (unpaired) electrons. The number of carbonyl (C=O) groups excluding carboxylic acids is 1. The maximum Gasteiger partial charge on any atom is 0.255 e. The highest BCUT2D eigenvalue weighted by molar-refractivity contribution is 9.10. The highest BCUT2D eigenvalue weighted by atomic mass is 79.9. The van der Waals surface area contributed by atoms with E-state index in [4.69, 9.17) is 0 Å². The lowest BCUT2D eigenvalue weighted by Gasteiger charge is -2.07. The van der Waals surface area contributed by atoms with Crippen molar-refractivity contribution in [2.24, 2.45) is 0 Å². The fraction of sp³-hybridized carbons (Fsp3) is 0.0833. The van der Waals surface area contributed by atoms with Gasteiger partial charge in [0.05, 0.1) is 5.69 Å². The van der Waals surface area contributed by atoms with Crippen LogP contribution in [0, 0.1) is 6.92 Å². The monoisotopic (exact) mass is 295 g/mol. The molecule has 0 unspecified atom stereocenters. The Balaban J connectivity index is 2.24. The number of hydrogen-bond donors (Lipinski definition) is 1. The zero-order valence-corrected chi connectivity index (χ0v) is 11.1. The van der Waals surface area contributed by atoms with Crippen molar-refractivity contribution in [3.63, 3.8) is 0 Å². The van der Waals surface area contributed by atoms with E-state index in [1.54, 1.807) is 11.3 Å². The number of thiophene rings is 1. The van der Waals surface area contributed by atoms with Gasteiger partial charge in [-0.15, -0.1) is 0 Å². The first-order valence-corrected chi connectivity index (χ1v) is 6.51. The summed E-state index contributed by atoms with van der Waals surface area (Å²) in [6.45, 7) is 1.92. The summed E-state index contributed by atoms with van der Waals surface area (Å²) < 4.78 is 0.950. The normalized spacial score (nSPS) is 10.1. The molecular formula is C12H10BrNOS. The van der Waals surface area contributed by atoms with Crippen LogP contribution in [0.1, 0.15) is 15.9 Å². The van der Waals surface area contributed by atoms with Crippen molar-refractivity contribution in [3.8, 4) is 0 Å². The first kappa shape index (κ1) is 11.4. The minimum Gasteiger partial charge on any atom is -0.321 e. The van der Waals surface area contributed by atoms with Gasteiger partial charge in [-0.3, -0.25) is 4.79 Å². The molecule has 1 N–H and O–H groups in total. The molecular weight excluding hydrogens is 286 g/mol. The summed E-state index contributed by atoms with van der Waals surface area (Å²) >= 11 is 4.97. The van der Waals surface area contributed by atoms with Crippen LogP contribution < -0.4 is 5.32 Å². The van der Waals surface area contributed by atoms with Gasteiger partial charge in [-0.25, -0.2) is 0 Å². The third kappa shape index (κ3) is 2.33. The predicted octanol–water partition coefficient (Wildman–Crippen LogP) is 4.07. The molecule has 1 heterocycles. The molecule has 82 valence electrons. The van der Waals surface area contributed by atoms with Gasteiger partial charge in [0.25, 0.3) is 5.91 Å². The maximum atomic E-state index is 12.0. The SMILES string of the molecule is Cc1c(Br)cccc1C(=O)Nc1ccsc1. The van der Waals surface area contributed by atoms with Crippen LogP contribution in [0.5, 0.6) is 0 Å². The Kier molecular flexibility index (Phi) is 3.41. The Morgan fingerprint density at radius 2 is 2.19 bits per heavy atom. The fourth-order valence-corrected chi connectivity index (χ4v) is 2.34. The molecule has 2 aromatic rings. The van der Waals surface area contributed by atoms with Gasteiger partial charge in [-0.2, -0.15) is 11.3 Å². The zero-order chi connectivity index (χ0) is 11.5. The topological polar surface area (TPSA) is 29.1 Å². The Labute approximate surface area is 106 Å². The van der Waals surface area contributed by atoms with Gasteiger partial charge in [-0.05, 0) is 36.1 Å². The van der Waals surface area contributed by atoms with Gasteiger partial charge in [-0.1, -0.05) is 22.0 Å². The quantitative estimate of drug-likeness (QED) is 0.889. The first-order valence-electron chi connectivity index (χ1n) is 4.77. The first-order chi connectivity index (χ1) is 7.68. The molecule has 0 aliphatic rings. The molecule has 2 nitrogen and oxygen atoms in total. The molecule has 0 fully saturated rings. The van der Waals surface area contributed by atoms with E-state index in [1.807, 2.05) is 41.9 Å². The Morgan fingerprint density at radius 1 is 1.38 bits per heavy atom. The molecule has 0 aliphatic carbocycles. The third-order valence-electron chi connectivity index (χ3n) is 2.29. The highest BCUT2D eigenvalue weighted by Gasteiger charge is 2.10. The van der Waals surface area contributed by atoms with Crippen molar-refractivity contribution >= 4 is 38.9 Å². The summed E-state index contributed by atoms with van der Waals surface area (Å²) in [5.74, 6) is -0.0720.